The minimum absolute atomic E-state index is 0. The van der Waals surface area contributed by atoms with E-state index >= 15 is 0 Å². The average molecular weight is 828 g/mol. The molecule has 0 bridgehead atoms. The van der Waals surface area contributed by atoms with E-state index < -0.39 is 24.2 Å². The molecule has 0 aliphatic heterocycles. The molecule has 0 atom stereocenters. The van der Waals surface area contributed by atoms with Crippen molar-refractivity contribution in [1.29, 1.82) is 0 Å². The molecule has 0 unspecified atom stereocenters. The summed E-state index contributed by atoms with van der Waals surface area (Å²) in [6, 6.07) is 51.7. The van der Waals surface area contributed by atoms with Gasteiger partial charge in [0.1, 0.15) is 8.07 Å². The first-order valence-electron chi connectivity index (χ1n) is 15.7. The Morgan fingerprint density at radius 1 is 0.413 bits per heavy atom. The fourth-order valence-corrected chi connectivity index (χ4v) is 12.6. The maximum Gasteiger partial charge on any atom is 2.00 e. The van der Waals surface area contributed by atoms with Crippen LogP contribution < -0.4 is 31.1 Å². The van der Waals surface area contributed by atoms with Gasteiger partial charge in [0, 0.05) is 12.4 Å². The first kappa shape index (κ1) is 33.9. The van der Waals surface area contributed by atoms with Crippen molar-refractivity contribution in [1.82, 2.24) is 9.97 Å². The molecule has 6 heteroatoms. The van der Waals surface area contributed by atoms with Crippen LogP contribution in [0.15, 0.2) is 134 Å². The van der Waals surface area contributed by atoms with E-state index in [1.54, 1.807) is 0 Å². The van der Waals surface area contributed by atoms with Gasteiger partial charge in [-0.05, 0) is 32.1 Å². The van der Waals surface area contributed by atoms with E-state index in [0.717, 1.165) is 22.5 Å². The molecule has 0 spiro atoms. The summed E-state index contributed by atoms with van der Waals surface area (Å²) in [6.45, 7) is 14.1. The summed E-state index contributed by atoms with van der Waals surface area (Å²) in [5, 5.41) is 7.67. The molecular weight excluding hydrogens is 788 g/mol. The van der Waals surface area contributed by atoms with E-state index in [1.165, 1.54) is 31.1 Å². The molecule has 0 saturated heterocycles. The van der Waals surface area contributed by atoms with Crippen molar-refractivity contribution in [2.24, 2.45) is 0 Å². The Bertz CT molecular complexity index is 1750. The Morgan fingerprint density at radius 2 is 0.804 bits per heavy atom. The molecule has 6 rings (SSSR count). The molecule has 2 heterocycles. The third-order valence-corrected chi connectivity index (χ3v) is 17.3. The van der Waals surface area contributed by atoms with Crippen molar-refractivity contribution in [3.63, 3.8) is 0 Å². The van der Waals surface area contributed by atoms with Crippen LogP contribution >= 0.6 is 0 Å². The van der Waals surface area contributed by atoms with Crippen molar-refractivity contribution in [3.8, 4) is 22.5 Å². The normalized spacial score (nSPS) is 12.0. The first-order chi connectivity index (χ1) is 21.6. The Hall–Kier alpha value is -3.48. The van der Waals surface area contributed by atoms with Crippen molar-refractivity contribution < 1.29 is 21.1 Å². The Kier molecular flexibility index (Phi) is 10.1. The molecule has 2 aromatic heterocycles. The molecule has 0 aliphatic carbocycles. The van der Waals surface area contributed by atoms with E-state index in [1.807, 2.05) is 0 Å². The van der Waals surface area contributed by atoms with Gasteiger partial charge in [0.25, 0.3) is 0 Å². The molecule has 0 amide bonds. The summed E-state index contributed by atoms with van der Waals surface area (Å²) in [4.78, 5) is 9.88. The van der Waals surface area contributed by atoms with E-state index in [2.05, 4.69) is 185 Å². The SMILES string of the molecule is C[Si](C)(C)c1ccc(-c2[c-]c([Si](c3[c-]c(-c4ccc([Si](C)(C)C)cn4)ccc3)(c3ccccc3)c3ccccc3)ccc2)nc1.[Pt+2]. The Morgan fingerprint density at radius 3 is 1.13 bits per heavy atom. The predicted molar refractivity (Wildman–Crippen MR) is 200 cm³/mol. The summed E-state index contributed by atoms with van der Waals surface area (Å²) in [6.07, 6.45) is 4.14. The predicted octanol–water partition coefficient (Wildman–Crippen LogP) is 5.88. The van der Waals surface area contributed by atoms with Gasteiger partial charge in [-0.1, -0.05) is 124 Å². The van der Waals surface area contributed by atoms with Gasteiger partial charge in [-0.2, -0.15) is 0 Å². The van der Waals surface area contributed by atoms with Gasteiger partial charge in [-0.15, -0.1) is 70.0 Å². The monoisotopic (exact) mass is 827 g/mol. The van der Waals surface area contributed by atoms with Crippen LogP contribution in [0.1, 0.15) is 0 Å². The third-order valence-electron chi connectivity index (χ3n) is 8.62. The molecule has 2 nitrogen and oxygen atoms in total. The zero-order chi connectivity index (χ0) is 31.7. The quantitative estimate of drug-likeness (QED) is 0.109. The molecule has 0 radical (unpaired) electrons. The van der Waals surface area contributed by atoms with Crippen molar-refractivity contribution >= 4 is 55.3 Å². The van der Waals surface area contributed by atoms with E-state index in [0.29, 0.717) is 0 Å². The van der Waals surface area contributed by atoms with Gasteiger partial charge in [-0.3, -0.25) is 0 Å². The number of aromatic nitrogens is 2. The van der Waals surface area contributed by atoms with Crippen LogP contribution in [-0.2, 0) is 21.1 Å². The van der Waals surface area contributed by atoms with Crippen molar-refractivity contribution in [3.05, 3.63) is 146 Å². The van der Waals surface area contributed by atoms with Crippen LogP contribution in [-0.4, -0.2) is 34.2 Å². The maximum atomic E-state index is 4.94. The number of rotatable bonds is 8. The van der Waals surface area contributed by atoms with Crippen LogP contribution in [0.3, 0.4) is 0 Å². The van der Waals surface area contributed by atoms with Crippen LogP contribution in [0.5, 0.6) is 0 Å². The number of benzene rings is 4. The second kappa shape index (κ2) is 13.7. The van der Waals surface area contributed by atoms with Crippen molar-refractivity contribution in [2.45, 2.75) is 39.3 Å². The Balaban J connectivity index is 0.00000417. The fourth-order valence-electron chi connectivity index (χ4n) is 5.98. The molecule has 4 aromatic carbocycles. The minimum Gasteiger partial charge on any atom is -0.305 e. The summed E-state index contributed by atoms with van der Waals surface area (Å²) >= 11 is 0. The molecule has 6 aromatic rings. The van der Waals surface area contributed by atoms with Gasteiger partial charge in [0.15, 0.2) is 0 Å². The number of hydrogen-bond acceptors (Lipinski definition) is 2. The van der Waals surface area contributed by atoms with Crippen LogP contribution in [0.4, 0.5) is 0 Å². The van der Waals surface area contributed by atoms with Gasteiger partial charge >= 0.3 is 21.1 Å². The second-order valence-corrected chi connectivity index (χ2v) is 27.7. The van der Waals surface area contributed by atoms with E-state index in [4.69, 9.17) is 9.97 Å². The number of pyridine rings is 2. The largest absolute Gasteiger partial charge is 2.00 e. The molecule has 0 fully saturated rings. The van der Waals surface area contributed by atoms with Gasteiger partial charge < -0.3 is 9.97 Å². The summed E-state index contributed by atoms with van der Waals surface area (Å²) in [5.74, 6) is 0. The van der Waals surface area contributed by atoms with Crippen LogP contribution in [0.25, 0.3) is 22.5 Å². The molecule has 0 saturated carbocycles. The third kappa shape index (κ3) is 6.79. The summed E-state index contributed by atoms with van der Waals surface area (Å²) in [5.41, 5.74) is 3.93. The van der Waals surface area contributed by atoms with Gasteiger partial charge in [0.05, 0.1) is 16.1 Å². The maximum absolute atomic E-state index is 4.94. The fraction of sp³-hybridized carbons (Fsp3) is 0.150. The molecule has 232 valence electrons. The van der Waals surface area contributed by atoms with Crippen LogP contribution in [0, 0.1) is 12.1 Å². The molecule has 46 heavy (non-hydrogen) atoms. The van der Waals surface area contributed by atoms with Gasteiger partial charge in [-0.25, -0.2) is 0 Å². The summed E-state index contributed by atoms with van der Waals surface area (Å²) < 4.78 is 0. The zero-order valence-electron chi connectivity index (χ0n) is 27.4. The molecule has 0 aliphatic rings. The molecule has 0 N–H and O–H groups in total. The number of nitrogens with zero attached hydrogens (tertiary/aromatic N) is 2. The number of hydrogen-bond donors (Lipinski definition) is 0. The van der Waals surface area contributed by atoms with Crippen LogP contribution in [0.2, 0.25) is 39.3 Å². The standard InChI is InChI=1S/C40H40N2Si3.Pt/c1-43(2,3)37-23-25-39(41-29-37)31-15-13-21-35(27-31)45(33-17-9-7-10-18-33,34-19-11-8-12-20-34)36-22-14-16-32(28-36)40-26-24-38(30-42-40)44(4,5)6;/h7-26,29-30H,1-6H3;/q-2;+2. The topological polar surface area (TPSA) is 25.8 Å². The molecular formula is C40H40N2PtSi3. The Labute approximate surface area is 292 Å². The first-order valence-corrected chi connectivity index (χ1v) is 24.7. The minimum atomic E-state index is -2.86. The zero-order valence-corrected chi connectivity index (χ0v) is 32.7. The van der Waals surface area contributed by atoms with Gasteiger partial charge in [0.2, 0.25) is 0 Å². The summed E-state index contributed by atoms with van der Waals surface area (Å²) in [7, 11) is -5.76. The van der Waals surface area contributed by atoms with E-state index in [9.17, 15) is 0 Å². The average Bonchev–Trinajstić information content (AvgIpc) is 3.06. The van der Waals surface area contributed by atoms with E-state index in [-0.39, 0.29) is 21.1 Å². The smallest absolute Gasteiger partial charge is 0.305 e. The van der Waals surface area contributed by atoms with Crippen molar-refractivity contribution in [2.75, 3.05) is 0 Å². The second-order valence-electron chi connectivity index (χ2n) is 13.8.